The highest BCUT2D eigenvalue weighted by molar-refractivity contribution is 9.10. The zero-order valence-corrected chi connectivity index (χ0v) is 23.5. The summed E-state index contributed by atoms with van der Waals surface area (Å²) in [6.45, 7) is 5.16. The highest BCUT2D eigenvalue weighted by atomic mass is 79.9. The number of carbonyl (C=O) groups excluding carboxylic acids is 2. The molecular weight excluding hydrogens is 532 g/mol. The lowest BCUT2D eigenvalue weighted by atomic mass is 10.0. The molecule has 0 fully saturated rings. The van der Waals surface area contributed by atoms with E-state index in [4.69, 9.17) is 0 Å². The molecule has 0 spiro atoms. The van der Waals surface area contributed by atoms with Gasteiger partial charge in [0.15, 0.2) is 0 Å². The Hall–Kier alpha value is -2.57. The summed E-state index contributed by atoms with van der Waals surface area (Å²) < 4.78 is 1.04. The van der Waals surface area contributed by atoms with Crippen molar-refractivity contribution in [1.29, 1.82) is 0 Å². The Kier molecular flexibility index (Phi) is 11.6. The minimum atomic E-state index is -0.577. The maximum absolute atomic E-state index is 13.6. The van der Waals surface area contributed by atoms with Crippen LogP contribution in [-0.2, 0) is 28.3 Å². The fourth-order valence-corrected chi connectivity index (χ4v) is 5.01. The minimum Gasteiger partial charge on any atom is -0.354 e. The molecule has 4 nitrogen and oxygen atoms in total. The predicted octanol–water partition coefficient (Wildman–Crippen LogP) is 6.55. The minimum absolute atomic E-state index is 0.0238. The van der Waals surface area contributed by atoms with Crippen LogP contribution in [-0.4, -0.2) is 35.1 Å². The van der Waals surface area contributed by atoms with E-state index < -0.39 is 6.04 Å². The third-order valence-corrected chi connectivity index (χ3v) is 7.50. The van der Waals surface area contributed by atoms with E-state index >= 15 is 0 Å². The first kappa shape index (κ1) is 28.0. The normalized spacial score (nSPS) is 11.6. The average molecular weight is 568 g/mol. The highest BCUT2D eigenvalue weighted by Gasteiger charge is 2.30. The lowest BCUT2D eigenvalue weighted by molar-refractivity contribution is -0.139. The van der Waals surface area contributed by atoms with Crippen molar-refractivity contribution in [2.45, 2.75) is 51.4 Å². The standard InChI is InChI=1S/C30H35BrN2O2S/c1-3-4-18-32-30(35)28(19-24-8-6-5-7-9-24)33(20-25-12-10-23(2)11-13-25)29(34)22-36-21-26-14-16-27(31)17-15-26/h5-17,28H,3-4,18-22H2,1-2H3,(H,32,35)/t28-/m1/s1. The van der Waals surface area contributed by atoms with Gasteiger partial charge >= 0.3 is 0 Å². The van der Waals surface area contributed by atoms with Crippen LogP contribution >= 0.6 is 27.7 Å². The molecule has 2 amide bonds. The van der Waals surface area contributed by atoms with Gasteiger partial charge in [-0.05, 0) is 42.2 Å². The Bertz CT molecular complexity index is 1090. The lowest BCUT2D eigenvalue weighted by Gasteiger charge is -2.31. The number of unbranched alkanes of at least 4 members (excludes halogenated alkanes) is 1. The molecule has 3 aromatic carbocycles. The van der Waals surface area contributed by atoms with Crippen LogP contribution in [0.2, 0.25) is 0 Å². The molecule has 0 aliphatic carbocycles. The van der Waals surface area contributed by atoms with Crippen molar-refractivity contribution in [3.8, 4) is 0 Å². The van der Waals surface area contributed by atoms with E-state index in [1.165, 1.54) is 11.1 Å². The summed E-state index contributed by atoms with van der Waals surface area (Å²) in [6, 6.07) is 25.7. The number of amides is 2. The Balaban J connectivity index is 1.81. The number of carbonyl (C=O) groups is 2. The molecule has 36 heavy (non-hydrogen) atoms. The highest BCUT2D eigenvalue weighted by Crippen LogP contribution is 2.20. The Morgan fingerprint density at radius 2 is 1.58 bits per heavy atom. The monoisotopic (exact) mass is 566 g/mol. The van der Waals surface area contributed by atoms with Crippen molar-refractivity contribution < 1.29 is 9.59 Å². The van der Waals surface area contributed by atoms with Gasteiger partial charge in [0.05, 0.1) is 5.75 Å². The van der Waals surface area contributed by atoms with Crippen molar-refractivity contribution in [3.63, 3.8) is 0 Å². The summed E-state index contributed by atoms with van der Waals surface area (Å²) in [6.07, 6.45) is 2.40. The number of hydrogen-bond donors (Lipinski definition) is 1. The summed E-state index contributed by atoms with van der Waals surface area (Å²) in [4.78, 5) is 28.8. The second kappa shape index (κ2) is 14.9. The first-order valence-electron chi connectivity index (χ1n) is 12.4. The SMILES string of the molecule is CCCCNC(=O)[C@@H](Cc1ccccc1)N(Cc1ccc(C)cc1)C(=O)CSCc1ccc(Br)cc1. The topological polar surface area (TPSA) is 49.4 Å². The molecule has 0 saturated heterocycles. The van der Waals surface area contributed by atoms with Crippen molar-refractivity contribution in [2.24, 2.45) is 0 Å². The molecule has 190 valence electrons. The molecule has 0 bridgehead atoms. The maximum atomic E-state index is 13.6. The van der Waals surface area contributed by atoms with Crippen LogP contribution in [0.3, 0.4) is 0 Å². The second-order valence-electron chi connectivity index (χ2n) is 8.98. The molecule has 0 aliphatic rings. The number of nitrogens with zero attached hydrogens (tertiary/aromatic N) is 1. The Morgan fingerprint density at radius 1 is 0.917 bits per heavy atom. The van der Waals surface area contributed by atoms with Gasteiger partial charge in [-0.2, -0.15) is 0 Å². The fraction of sp³-hybridized carbons (Fsp3) is 0.333. The summed E-state index contributed by atoms with van der Waals surface area (Å²) in [5.41, 5.74) is 4.39. The van der Waals surface area contributed by atoms with E-state index in [-0.39, 0.29) is 11.8 Å². The maximum Gasteiger partial charge on any atom is 0.243 e. The lowest BCUT2D eigenvalue weighted by Crippen LogP contribution is -2.51. The molecule has 1 atom stereocenters. The van der Waals surface area contributed by atoms with Gasteiger partial charge < -0.3 is 10.2 Å². The molecule has 0 radical (unpaired) electrons. The van der Waals surface area contributed by atoms with Gasteiger partial charge in [0.25, 0.3) is 0 Å². The summed E-state index contributed by atoms with van der Waals surface area (Å²) in [5.74, 6) is 0.939. The van der Waals surface area contributed by atoms with Crippen LogP contribution in [0.4, 0.5) is 0 Å². The number of nitrogens with one attached hydrogen (secondary N) is 1. The average Bonchev–Trinajstić information content (AvgIpc) is 2.89. The van der Waals surface area contributed by atoms with Crippen molar-refractivity contribution >= 4 is 39.5 Å². The third kappa shape index (κ3) is 9.14. The van der Waals surface area contributed by atoms with Gasteiger partial charge in [-0.15, -0.1) is 11.8 Å². The number of rotatable bonds is 13. The van der Waals surface area contributed by atoms with Crippen LogP contribution in [0.1, 0.15) is 42.0 Å². The van der Waals surface area contributed by atoms with Crippen molar-refractivity contribution in [3.05, 3.63) is 106 Å². The summed E-state index contributed by atoms with van der Waals surface area (Å²) in [7, 11) is 0. The number of hydrogen-bond acceptors (Lipinski definition) is 3. The van der Waals surface area contributed by atoms with E-state index in [2.05, 4.69) is 40.3 Å². The fourth-order valence-electron chi connectivity index (χ4n) is 3.87. The molecule has 0 aromatic heterocycles. The van der Waals surface area contributed by atoms with Crippen LogP contribution in [0, 0.1) is 6.92 Å². The number of benzene rings is 3. The first-order valence-corrected chi connectivity index (χ1v) is 14.4. The van der Waals surface area contributed by atoms with Crippen LogP contribution in [0.5, 0.6) is 0 Å². The van der Waals surface area contributed by atoms with Gasteiger partial charge in [0, 0.05) is 29.7 Å². The van der Waals surface area contributed by atoms with Gasteiger partial charge in [-0.1, -0.05) is 102 Å². The molecule has 0 aliphatic heterocycles. The quantitative estimate of drug-likeness (QED) is 0.239. The third-order valence-electron chi connectivity index (χ3n) is 5.98. The summed E-state index contributed by atoms with van der Waals surface area (Å²) in [5, 5.41) is 3.08. The van der Waals surface area contributed by atoms with Gasteiger partial charge in [0.1, 0.15) is 6.04 Å². The zero-order valence-electron chi connectivity index (χ0n) is 21.1. The van der Waals surface area contributed by atoms with Gasteiger partial charge in [0.2, 0.25) is 11.8 Å². The van der Waals surface area contributed by atoms with Crippen LogP contribution in [0.25, 0.3) is 0 Å². The Morgan fingerprint density at radius 3 is 2.25 bits per heavy atom. The molecule has 3 rings (SSSR count). The van der Waals surface area contributed by atoms with E-state index in [9.17, 15) is 9.59 Å². The van der Waals surface area contributed by atoms with Crippen LogP contribution < -0.4 is 5.32 Å². The van der Waals surface area contributed by atoms with E-state index in [0.29, 0.717) is 25.3 Å². The smallest absolute Gasteiger partial charge is 0.243 e. The molecule has 0 unspecified atom stereocenters. The Labute approximate surface area is 228 Å². The second-order valence-corrected chi connectivity index (χ2v) is 10.9. The summed E-state index contributed by atoms with van der Waals surface area (Å²) >= 11 is 5.05. The molecule has 3 aromatic rings. The van der Waals surface area contributed by atoms with Crippen LogP contribution in [0.15, 0.2) is 83.3 Å². The number of thioether (sulfide) groups is 1. The van der Waals surface area contributed by atoms with Crippen molar-refractivity contribution in [2.75, 3.05) is 12.3 Å². The van der Waals surface area contributed by atoms with E-state index in [0.717, 1.165) is 34.2 Å². The number of halogens is 1. The first-order chi connectivity index (χ1) is 17.5. The van der Waals surface area contributed by atoms with Crippen molar-refractivity contribution in [1.82, 2.24) is 10.2 Å². The van der Waals surface area contributed by atoms with Gasteiger partial charge in [-0.3, -0.25) is 9.59 Å². The number of aryl methyl sites for hydroxylation is 1. The molecule has 6 heteroatoms. The van der Waals surface area contributed by atoms with Gasteiger partial charge in [-0.25, -0.2) is 0 Å². The van der Waals surface area contributed by atoms with E-state index in [1.807, 2.05) is 73.7 Å². The molecular formula is C30H35BrN2O2S. The largest absolute Gasteiger partial charge is 0.354 e. The molecule has 0 heterocycles. The molecule has 1 N–H and O–H groups in total. The predicted molar refractivity (Wildman–Crippen MR) is 154 cm³/mol. The van der Waals surface area contributed by atoms with E-state index in [1.54, 1.807) is 16.7 Å². The zero-order chi connectivity index (χ0) is 25.8. The molecule has 0 saturated carbocycles.